The number of carbonyl (C=O) groups is 1. The Bertz CT molecular complexity index is 891. The Morgan fingerprint density at radius 1 is 0.821 bits per heavy atom. The van der Waals surface area contributed by atoms with Crippen molar-refractivity contribution in [2.24, 2.45) is 0 Å². The van der Waals surface area contributed by atoms with Gasteiger partial charge in [-0.15, -0.1) is 0 Å². The number of hydrogen-bond donors (Lipinski definition) is 1. The fourth-order valence-electron chi connectivity index (χ4n) is 3.15. The van der Waals surface area contributed by atoms with E-state index in [-0.39, 0.29) is 11.9 Å². The van der Waals surface area contributed by atoms with Gasteiger partial charge in [0, 0.05) is 0 Å². The average molecular weight is 375 g/mol. The lowest BCUT2D eigenvalue weighted by atomic mass is 9.98. The van der Waals surface area contributed by atoms with Crippen molar-refractivity contribution in [1.29, 1.82) is 0 Å². The van der Waals surface area contributed by atoms with E-state index in [1.54, 1.807) is 14.2 Å². The normalized spacial score (nSPS) is 11.5. The van der Waals surface area contributed by atoms with Gasteiger partial charge in [0.2, 0.25) is 5.91 Å². The molecule has 1 N–H and O–H groups in total. The molecule has 0 aliphatic rings. The van der Waals surface area contributed by atoms with Crippen LogP contribution in [-0.4, -0.2) is 20.1 Å². The van der Waals surface area contributed by atoms with Crippen LogP contribution in [0.25, 0.3) is 0 Å². The third kappa shape index (κ3) is 5.36. The number of methoxy groups -OCH3 is 2. The lowest BCUT2D eigenvalue weighted by molar-refractivity contribution is -0.121. The zero-order valence-electron chi connectivity index (χ0n) is 16.2. The van der Waals surface area contributed by atoms with Crippen LogP contribution in [-0.2, 0) is 17.6 Å². The van der Waals surface area contributed by atoms with Crippen LogP contribution >= 0.6 is 0 Å². The summed E-state index contributed by atoms with van der Waals surface area (Å²) in [5.41, 5.74) is 3.13. The van der Waals surface area contributed by atoms with Gasteiger partial charge in [0.25, 0.3) is 0 Å². The first-order chi connectivity index (χ1) is 13.7. The number of carbonyl (C=O) groups excluding carboxylic acids is 1. The van der Waals surface area contributed by atoms with Gasteiger partial charge in [-0.3, -0.25) is 4.79 Å². The Kier molecular flexibility index (Phi) is 6.68. The molecule has 0 radical (unpaired) electrons. The van der Waals surface area contributed by atoms with Crippen LogP contribution in [0.15, 0.2) is 78.9 Å². The third-order valence-corrected chi connectivity index (χ3v) is 4.63. The zero-order valence-corrected chi connectivity index (χ0v) is 16.2. The summed E-state index contributed by atoms with van der Waals surface area (Å²) in [6, 6.07) is 25.4. The van der Waals surface area contributed by atoms with E-state index in [4.69, 9.17) is 9.47 Å². The fourth-order valence-corrected chi connectivity index (χ4v) is 3.15. The minimum Gasteiger partial charge on any atom is -0.497 e. The lowest BCUT2D eigenvalue weighted by Gasteiger charge is -2.20. The molecule has 28 heavy (non-hydrogen) atoms. The van der Waals surface area contributed by atoms with Crippen LogP contribution in [0.1, 0.15) is 22.7 Å². The van der Waals surface area contributed by atoms with E-state index < -0.39 is 0 Å². The summed E-state index contributed by atoms with van der Waals surface area (Å²) in [4.78, 5) is 12.7. The number of hydrogen-bond acceptors (Lipinski definition) is 3. The van der Waals surface area contributed by atoms with Gasteiger partial charge >= 0.3 is 0 Å². The molecule has 1 unspecified atom stereocenters. The van der Waals surface area contributed by atoms with Crippen molar-refractivity contribution in [1.82, 2.24) is 5.32 Å². The molecule has 0 saturated heterocycles. The molecular formula is C24H25NO3. The minimum atomic E-state index is -0.144. The molecule has 0 fully saturated rings. The molecule has 0 bridgehead atoms. The summed E-state index contributed by atoms with van der Waals surface area (Å²) in [7, 11) is 3.30. The van der Waals surface area contributed by atoms with Crippen molar-refractivity contribution < 1.29 is 14.3 Å². The van der Waals surface area contributed by atoms with Gasteiger partial charge in [-0.2, -0.15) is 0 Å². The first-order valence-electron chi connectivity index (χ1n) is 9.28. The van der Waals surface area contributed by atoms with Crippen LogP contribution in [0.2, 0.25) is 0 Å². The Morgan fingerprint density at radius 3 is 2.18 bits per heavy atom. The van der Waals surface area contributed by atoms with Gasteiger partial charge in [0.15, 0.2) is 0 Å². The molecule has 4 heteroatoms. The van der Waals surface area contributed by atoms with E-state index >= 15 is 0 Å². The standard InChI is InChI=1S/C24H25NO3/c1-27-21-13-11-20(12-14-21)23(16-19-9-6-10-22(15-19)28-2)25-24(26)17-18-7-4-3-5-8-18/h3-15,23H,16-17H2,1-2H3,(H,25,26). The molecule has 0 aliphatic carbocycles. The number of ether oxygens (including phenoxy) is 2. The molecule has 4 nitrogen and oxygen atoms in total. The second-order valence-electron chi connectivity index (χ2n) is 6.61. The minimum absolute atomic E-state index is 0.00471. The molecule has 0 heterocycles. The predicted molar refractivity (Wildman–Crippen MR) is 111 cm³/mol. The summed E-state index contributed by atoms with van der Waals surface area (Å²) >= 11 is 0. The molecule has 3 aromatic carbocycles. The van der Waals surface area contributed by atoms with Crippen molar-refractivity contribution in [2.45, 2.75) is 18.9 Å². The Morgan fingerprint density at radius 2 is 1.50 bits per heavy atom. The maximum Gasteiger partial charge on any atom is 0.224 e. The number of nitrogens with one attached hydrogen (secondary N) is 1. The number of amides is 1. The molecular weight excluding hydrogens is 350 g/mol. The predicted octanol–water partition coefficient (Wildman–Crippen LogP) is 4.35. The van der Waals surface area contributed by atoms with Crippen molar-refractivity contribution in [3.05, 3.63) is 95.6 Å². The SMILES string of the molecule is COc1ccc(C(Cc2cccc(OC)c2)NC(=O)Cc2ccccc2)cc1. The van der Waals surface area contributed by atoms with Crippen LogP contribution < -0.4 is 14.8 Å². The van der Waals surface area contributed by atoms with Crippen LogP contribution in [0.4, 0.5) is 0 Å². The Balaban J connectivity index is 1.79. The van der Waals surface area contributed by atoms with E-state index in [2.05, 4.69) is 5.32 Å². The van der Waals surface area contributed by atoms with Crippen molar-refractivity contribution in [2.75, 3.05) is 14.2 Å². The molecule has 0 spiro atoms. The first-order valence-corrected chi connectivity index (χ1v) is 9.28. The highest BCUT2D eigenvalue weighted by Gasteiger charge is 2.16. The molecule has 1 amide bonds. The highest BCUT2D eigenvalue weighted by Crippen LogP contribution is 2.23. The largest absolute Gasteiger partial charge is 0.497 e. The third-order valence-electron chi connectivity index (χ3n) is 4.63. The van der Waals surface area contributed by atoms with Crippen LogP contribution in [0, 0.1) is 0 Å². The second-order valence-corrected chi connectivity index (χ2v) is 6.61. The maximum absolute atomic E-state index is 12.7. The van der Waals surface area contributed by atoms with Gasteiger partial charge in [-0.1, -0.05) is 54.6 Å². The van der Waals surface area contributed by atoms with E-state index in [0.717, 1.165) is 28.2 Å². The summed E-state index contributed by atoms with van der Waals surface area (Å²) in [5.74, 6) is 1.59. The monoisotopic (exact) mass is 375 g/mol. The van der Waals surface area contributed by atoms with Gasteiger partial charge in [-0.25, -0.2) is 0 Å². The Labute approximate surface area is 166 Å². The maximum atomic E-state index is 12.7. The van der Waals surface area contributed by atoms with Gasteiger partial charge in [0.1, 0.15) is 11.5 Å². The first kappa shape index (κ1) is 19.5. The molecule has 3 rings (SSSR count). The van der Waals surface area contributed by atoms with Crippen molar-refractivity contribution >= 4 is 5.91 Å². The zero-order chi connectivity index (χ0) is 19.8. The number of rotatable bonds is 8. The van der Waals surface area contributed by atoms with Gasteiger partial charge in [0.05, 0.1) is 26.7 Å². The van der Waals surface area contributed by atoms with E-state index in [0.29, 0.717) is 12.8 Å². The van der Waals surface area contributed by atoms with E-state index in [1.165, 1.54) is 0 Å². The summed E-state index contributed by atoms with van der Waals surface area (Å²) in [6.07, 6.45) is 1.02. The van der Waals surface area contributed by atoms with Crippen molar-refractivity contribution in [3.8, 4) is 11.5 Å². The van der Waals surface area contributed by atoms with Gasteiger partial charge in [-0.05, 0) is 47.4 Å². The molecule has 0 aliphatic heterocycles. The fraction of sp³-hybridized carbons (Fsp3) is 0.208. The smallest absolute Gasteiger partial charge is 0.224 e. The molecule has 0 saturated carbocycles. The molecule has 0 aromatic heterocycles. The lowest BCUT2D eigenvalue weighted by Crippen LogP contribution is -2.31. The van der Waals surface area contributed by atoms with Crippen LogP contribution in [0.5, 0.6) is 11.5 Å². The highest BCUT2D eigenvalue weighted by atomic mass is 16.5. The second kappa shape index (κ2) is 9.60. The molecule has 3 aromatic rings. The quantitative estimate of drug-likeness (QED) is 0.637. The van der Waals surface area contributed by atoms with Crippen LogP contribution in [0.3, 0.4) is 0 Å². The Hall–Kier alpha value is -3.27. The summed E-state index contributed by atoms with van der Waals surface area (Å²) in [6.45, 7) is 0. The van der Waals surface area contributed by atoms with Gasteiger partial charge < -0.3 is 14.8 Å². The van der Waals surface area contributed by atoms with E-state index in [1.807, 2.05) is 78.9 Å². The summed E-state index contributed by atoms with van der Waals surface area (Å²) in [5, 5.41) is 3.18. The highest BCUT2D eigenvalue weighted by molar-refractivity contribution is 5.79. The molecule has 144 valence electrons. The average Bonchev–Trinajstić information content (AvgIpc) is 2.74. The topological polar surface area (TPSA) is 47.6 Å². The summed E-state index contributed by atoms with van der Waals surface area (Å²) < 4.78 is 10.6. The number of benzene rings is 3. The van der Waals surface area contributed by atoms with E-state index in [9.17, 15) is 4.79 Å². The van der Waals surface area contributed by atoms with Crippen molar-refractivity contribution in [3.63, 3.8) is 0 Å². The molecule has 1 atom stereocenters.